The maximum Gasteiger partial charge on any atom is 0.309 e. The summed E-state index contributed by atoms with van der Waals surface area (Å²) in [7, 11) is 3.36. The number of hydrogen-bond donors (Lipinski definition) is 1. The van der Waals surface area contributed by atoms with Gasteiger partial charge in [0.1, 0.15) is 0 Å². The molecule has 0 aromatic carbocycles. The third kappa shape index (κ3) is 3.53. The summed E-state index contributed by atoms with van der Waals surface area (Å²) in [6, 6.07) is 0. The number of carboxylic acids is 1. The van der Waals surface area contributed by atoms with E-state index in [-0.39, 0.29) is 5.91 Å². The van der Waals surface area contributed by atoms with Gasteiger partial charge in [0.2, 0.25) is 5.91 Å². The van der Waals surface area contributed by atoms with Gasteiger partial charge in [0.15, 0.2) is 0 Å². The summed E-state index contributed by atoms with van der Waals surface area (Å²) in [6.07, 6.45) is 0.326. The van der Waals surface area contributed by atoms with Gasteiger partial charge < -0.3 is 10.0 Å². The number of aliphatic carboxylic acids is 1. The Bertz CT molecular complexity index is 267. The molecule has 0 unspecified atom stereocenters. The predicted molar refractivity (Wildman–Crippen MR) is 58.5 cm³/mol. The van der Waals surface area contributed by atoms with Crippen LogP contribution >= 0.6 is 0 Å². The zero-order chi connectivity index (χ0) is 12.4. The summed E-state index contributed by atoms with van der Waals surface area (Å²) in [5.74, 6) is -0.918. The van der Waals surface area contributed by atoms with E-state index in [0.717, 1.165) is 0 Å². The van der Waals surface area contributed by atoms with E-state index in [0.29, 0.717) is 6.42 Å². The molecule has 0 heterocycles. The molecule has 0 rings (SSSR count). The topological polar surface area (TPSA) is 57.6 Å². The SMILES string of the molecule is CN(C)C(=O)C(C)(C)CC(C)(C)C(=O)O. The Kier molecular flexibility index (Phi) is 3.91. The zero-order valence-corrected chi connectivity index (χ0v) is 10.4. The minimum Gasteiger partial charge on any atom is -0.481 e. The van der Waals surface area contributed by atoms with E-state index in [1.165, 1.54) is 4.90 Å². The lowest BCUT2D eigenvalue weighted by Crippen LogP contribution is -2.41. The molecule has 0 radical (unpaired) electrons. The molecule has 0 aromatic heterocycles. The average Bonchev–Trinajstić information content (AvgIpc) is 2.00. The van der Waals surface area contributed by atoms with Crippen molar-refractivity contribution in [1.29, 1.82) is 0 Å². The first-order valence-corrected chi connectivity index (χ1v) is 4.96. The molecule has 4 heteroatoms. The van der Waals surface area contributed by atoms with Crippen LogP contribution in [0.3, 0.4) is 0 Å². The molecule has 0 bridgehead atoms. The Hall–Kier alpha value is -1.06. The highest BCUT2D eigenvalue weighted by atomic mass is 16.4. The van der Waals surface area contributed by atoms with Gasteiger partial charge in [-0.25, -0.2) is 0 Å². The first-order chi connectivity index (χ1) is 6.50. The lowest BCUT2D eigenvalue weighted by atomic mass is 9.74. The third-order valence-corrected chi connectivity index (χ3v) is 2.45. The molecule has 0 spiro atoms. The summed E-state index contributed by atoms with van der Waals surface area (Å²) in [5, 5.41) is 9.00. The van der Waals surface area contributed by atoms with Crippen LogP contribution < -0.4 is 0 Å². The van der Waals surface area contributed by atoms with Crippen LogP contribution in [0.5, 0.6) is 0 Å². The molecule has 0 fully saturated rings. The van der Waals surface area contributed by atoms with Gasteiger partial charge in [-0.2, -0.15) is 0 Å². The number of hydrogen-bond acceptors (Lipinski definition) is 2. The molecule has 1 amide bonds. The van der Waals surface area contributed by atoms with Gasteiger partial charge in [-0.15, -0.1) is 0 Å². The molecule has 4 nitrogen and oxygen atoms in total. The Morgan fingerprint density at radius 1 is 1.07 bits per heavy atom. The number of carbonyl (C=O) groups is 2. The largest absolute Gasteiger partial charge is 0.481 e. The highest BCUT2D eigenvalue weighted by molar-refractivity contribution is 5.83. The number of carboxylic acid groups (broad SMARTS) is 1. The molecule has 0 aliphatic carbocycles. The van der Waals surface area contributed by atoms with Crippen LogP contribution in [0.25, 0.3) is 0 Å². The predicted octanol–water partition coefficient (Wildman–Crippen LogP) is 1.60. The molecular formula is C11H21NO3. The Labute approximate surface area is 91.3 Å². The van der Waals surface area contributed by atoms with Crippen molar-refractivity contribution >= 4 is 11.9 Å². The Morgan fingerprint density at radius 3 is 1.73 bits per heavy atom. The molecule has 0 aliphatic rings. The van der Waals surface area contributed by atoms with Crippen LogP contribution in [0.1, 0.15) is 34.1 Å². The second kappa shape index (κ2) is 4.21. The van der Waals surface area contributed by atoms with Crippen LogP contribution in [0, 0.1) is 10.8 Å². The van der Waals surface area contributed by atoms with Crippen LogP contribution in [-0.2, 0) is 9.59 Å². The summed E-state index contributed by atoms with van der Waals surface area (Å²) < 4.78 is 0. The summed E-state index contributed by atoms with van der Waals surface area (Å²) >= 11 is 0. The maximum atomic E-state index is 11.8. The van der Waals surface area contributed by atoms with Crippen molar-refractivity contribution in [2.24, 2.45) is 10.8 Å². The van der Waals surface area contributed by atoms with Crippen molar-refractivity contribution in [2.45, 2.75) is 34.1 Å². The lowest BCUT2D eigenvalue weighted by molar-refractivity contribution is -0.151. The van der Waals surface area contributed by atoms with Crippen LogP contribution in [0.4, 0.5) is 0 Å². The third-order valence-electron chi connectivity index (χ3n) is 2.45. The summed E-state index contributed by atoms with van der Waals surface area (Å²) in [4.78, 5) is 24.3. The van der Waals surface area contributed by atoms with E-state index in [4.69, 9.17) is 5.11 Å². The lowest BCUT2D eigenvalue weighted by Gasteiger charge is -2.32. The minimum atomic E-state index is -0.880. The highest BCUT2D eigenvalue weighted by Crippen LogP contribution is 2.34. The molecule has 0 saturated carbocycles. The van der Waals surface area contributed by atoms with Crippen molar-refractivity contribution in [2.75, 3.05) is 14.1 Å². The van der Waals surface area contributed by atoms with E-state index < -0.39 is 16.8 Å². The van der Waals surface area contributed by atoms with Gasteiger partial charge in [0.25, 0.3) is 0 Å². The zero-order valence-electron chi connectivity index (χ0n) is 10.4. The fourth-order valence-electron chi connectivity index (χ4n) is 1.86. The molecule has 0 aliphatic heterocycles. The second-order valence-electron chi connectivity index (χ2n) is 5.45. The molecule has 0 atom stereocenters. The van der Waals surface area contributed by atoms with Crippen LogP contribution in [0.15, 0.2) is 0 Å². The first-order valence-electron chi connectivity index (χ1n) is 4.96. The molecular weight excluding hydrogens is 194 g/mol. The molecule has 15 heavy (non-hydrogen) atoms. The maximum absolute atomic E-state index is 11.8. The Balaban J connectivity index is 4.79. The monoisotopic (exact) mass is 215 g/mol. The number of amides is 1. The van der Waals surface area contributed by atoms with E-state index in [1.807, 2.05) is 0 Å². The molecule has 1 N–H and O–H groups in total. The number of carbonyl (C=O) groups excluding carboxylic acids is 1. The van der Waals surface area contributed by atoms with E-state index in [1.54, 1.807) is 41.8 Å². The number of rotatable bonds is 4. The van der Waals surface area contributed by atoms with Gasteiger partial charge in [-0.3, -0.25) is 9.59 Å². The molecule has 0 aromatic rings. The van der Waals surface area contributed by atoms with Crippen LogP contribution in [0.2, 0.25) is 0 Å². The van der Waals surface area contributed by atoms with Crippen molar-refractivity contribution in [3.63, 3.8) is 0 Å². The summed E-state index contributed by atoms with van der Waals surface area (Å²) in [6.45, 7) is 6.83. The van der Waals surface area contributed by atoms with Gasteiger partial charge in [0.05, 0.1) is 5.41 Å². The van der Waals surface area contributed by atoms with Crippen molar-refractivity contribution < 1.29 is 14.7 Å². The number of nitrogens with zero attached hydrogens (tertiary/aromatic N) is 1. The van der Waals surface area contributed by atoms with Gasteiger partial charge in [-0.1, -0.05) is 13.8 Å². The smallest absolute Gasteiger partial charge is 0.309 e. The first kappa shape index (κ1) is 13.9. The standard InChI is InChI=1S/C11H21NO3/c1-10(2,8(13)12(5)6)7-11(3,4)9(14)15/h7H2,1-6H3,(H,14,15). The summed E-state index contributed by atoms with van der Waals surface area (Å²) in [5.41, 5.74) is -1.53. The van der Waals surface area contributed by atoms with Crippen molar-refractivity contribution in [1.82, 2.24) is 4.90 Å². The van der Waals surface area contributed by atoms with E-state index in [2.05, 4.69) is 0 Å². The van der Waals surface area contributed by atoms with Gasteiger partial charge in [0, 0.05) is 19.5 Å². The van der Waals surface area contributed by atoms with E-state index in [9.17, 15) is 9.59 Å². The molecule has 88 valence electrons. The minimum absolute atomic E-state index is 0.0446. The van der Waals surface area contributed by atoms with Gasteiger partial charge in [-0.05, 0) is 20.3 Å². The normalized spacial score (nSPS) is 12.4. The molecule has 0 saturated heterocycles. The fourth-order valence-corrected chi connectivity index (χ4v) is 1.86. The fraction of sp³-hybridized carbons (Fsp3) is 0.818. The second-order valence-corrected chi connectivity index (χ2v) is 5.45. The van der Waals surface area contributed by atoms with Gasteiger partial charge >= 0.3 is 5.97 Å². The van der Waals surface area contributed by atoms with E-state index >= 15 is 0 Å². The van der Waals surface area contributed by atoms with Crippen LogP contribution in [-0.4, -0.2) is 36.0 Å². The average molecular weight is 215 g/mol. The Morgan fingerprint density at radius 2 is 1.47 bits per heavy atom. The quantitative estimate of drug-likeness (QED) is 0.775. The van der Waals surface area contributed by atoms with Crippen molar-refractivity contribution in [3.05, 3.63) is 0 Å². The van der Waals surface area contributed by atoms with Crippen molar-refractivity contribution in [3.8, 4) is 0 Å². The highest BCUT2D eigenvalue weighted by Gasteiger charge is 2.39.